The predicted octanol–water partition coefficient (Wildman–Crippen LogP) is 3.97. The molecule has 1 heterocycles. The van der Waals surface area contributed by atoms with Gasteiger partial charge in [-0.3, -0.25) is 4.79 Å². The van der Waals surface area contributed by atoms with Gasteiger partial charge in [-0.15, -0.1) is 11.3 Å². The maximum Gasteiger partial charge on any atom is 0.196 e. The van der Waals surface area contributed by atoms with Gasteiger partial charge in [0, 0.05) is 40.8 Å². The van der Waals surface area contributed by atoms with Gasteiger partial charge in [-0.1, -0.05) is 24.3 Å². The fraction of sp³-hybridized carbons (Fsp3) is 0.278. The van der Waals surface area contributed by atoms with Crippen molar-refractivity contribution in [1.29, 1.82) is 0 Å². The van der Waals surface area contributed by atoms with E-state index in [2.05, 4.69) is 0 Å². The van der Waals surface area contributed by atoms with Gasteiger partial charge in [0.2, 0.25) is 0 Å². The van der Waals surface area contributed by atoms with Crippen LogP contribution in [0.3, 0.4) is 0 Å². The van der Waals surface area contributed by atoms with Crippen molar-refractivity contribution in [2.24, 2.45) is 0 Å². The average molecular weight is 314 g/mol. The molecule has 3 aromatic rings. The maximum absolute atomic E-state index is 12.9. The lowest BCUT2D eigenvalue weighted by Crippen LogP contribution is -2.32. The van der Waals surface area contributed by atoms with Gasteiger partial charge >= 0.3 is 0 Å². The molecular formula is C18H18O3S. The van der Waals surface area contributed by atoms with E-state index in [4.69, 9.17) is 9.47 Å². The third-order valence-electron chi connectivity index (χ3n) is 4.07. The summed E-state index contributed by atoms with van der Waals surface area (Å²) in [6, 6.07) is 13.7. The van der Waals surface area contributed by atoms with E-state index < -0.39 is 5.79 Å². The molecule has 0 aliphatic carbocycles. The molecule has 0 spiro atoms. The van der Waals surface area contributed by atoms with Gasteiger partial charge < -0.3 is 9.47 Å². The van der Waals surface area contributed by atoms with Gasteiger partial charge in [-0.05, 0) is 30.7 Å². The van der Waals surface area contributed by atoms with Gasteiger partial charge in [-0.25, -0.2) is 0 Å². The molecule has 3 nitrogen and oxygen atoms in total. The molecular weight excluding hydrogens is 296 g/mol. The Morgan fingerprint density at radius 3 is 2.41 bits per heavy atom. The summed E-state index contributed by atoms with van der Waals surface area (Å²) in [4.78, 5) is 12.9. The minimum Gasteiger partial charge on any atom is -0.353 e. The van der Waals surface area contributed by atoms with Crippen molar-refractivity contribution in [2.45, 2.75) is 19.1 Å². The summed E-state index contributed by atoms with van der Waals surface area (Å²) < 4.78 is 12.9. The van der Waals surface area contributed by atoms with E-state index in [9.17, 15) is 4.79 Å². The molecule has 0 saturated carbocycles. The molecule has 1 aromatic heterocycles. The van der Waals surface area contributed by atoms with Crippen LogP contribution in [0.1, 0.15) is 12.5 Å². The topological polar surface area (TPSA) is 35.5 Å². The molecule has 0 atom stereocenters. The zero-order chi connectivity index (χ0) is 15.7. The Morgan fingerprint density at radius 1 is 1.00 bits per heavy atom. The molecule has 0 fully saturated rings. The molecule has 0 saturated heterocycles. The van der Waals surface area contributed by atoms with Crippen molar-refractivity contribution >= 4 is 31.5 Å². The summed E-state index contributed by atoms with van der Waals surface area (Å²) in [6.07, 6.45) is 0.525. The van der Waals surface area contributed by atoms with Crippen LogP contribution in [0, 0.1) is 0 Å². The van der Waals surface area contributed by atoms with Gasteiger partial charge in [0.15, 0.2) is 11.2 Å². The number of fused-ring (bicyclic) bond motifs is 2. The number of methoxy groups -OCH3 is 2. The number of hydrogen-bond acceptors (Lipinski definition) is 4. The van der Waals surface area contributed by atoms with E-state index in [1.807, 2.05) is 49.4 Å². The van der Waals surface area contributed by atoms with Gasteiger partial charge in [0.25, 0.3) is 0 Å². The lowest BCUT2D eigenvalue weighted by Gasteiger charge is -2.26. The van der Waals surface area contributed by atoms with Crippen LogP contribution in [0.2, 0.25) is 0 Å². The SMILES string of the molecule is COC(C)(Cc1cccc2sc3ccccc3c(=O)c12)OC. The zero-order valence-electron chi connectivity index (χ0n) is 12.9. The summed E-state index contributed by atoms with van der Waals surface area (Å²) in [6.45, 7) is 1.88. The van der Waals surface area contributed by atoms with Crippen molar-refractivity contribution in [1.82, 2.24) is 0 Å². The minimum atomic E-state index is -0.739. The Labute approximate surface area is 133 Å². The van der Waals surface area contributed by atoms with Crippen molar-refractivity contribution in [3.8, 4) is 0 Å². The van der Waals surface area contributed by atoms with Crippen LogP contribution in [0.4, 0.5) is 0 Å². The number of rotatable bonds is 4. The second-order valence-corrected chi connectivity index (χ2v) is 6.52. The highest BCUT2D eigenvalue weighted by Crippen LogP contribution is 2.29. The Morgan fingerprint density at radius 2 is 1.68 bits per heavy atom. The first-order chi connectivity index (χ1) is 10.6. The highest BCUT2D eigenvalue weighted by Gasteiger charge is 2.25. The normalized spacial score (nSPS) is 12.1. The van der Waals surface area contributed by atoms with Crippen LogP contribution in [0.5, 0.6) is 0 Å². The largest absolute Gasteiger partial charge is 0.353 e. The van der Waals surface area contributed by atoms with Crippen LogP contribution in [-0.2, 0) is 15.9 Å². The molecule has 0 amide bonds. The zero-order valence-corrected chi connectivity index (χ0v) is 13.7. The predicted molar refractivity (Wildman–Crippen MR) is 91.7 cm³/mol. The second-order valence-electron chi connectivity index (χ2n) is 5.44. The van der Waals surface area contributed by atoms with Crippen LogP contribution in [0.25, 0.3) is 20.2 Å². The number of ether oxygens (including phenoxy) is 2. The lowest BCUT2D eigenvalue weighted by atomic mass is 10.0. The Balaban J connectivity index is 2.28. The first-order valence-corrected chi connectivity index (χ1v) is 7.93. The summed E-state index contributed by atoms with van der Waals surface area (Å²) >= 11 is 1.64. The molecule has 0 radical (unpaired) electrons. The van der Waals surface area contributed by atoms with Crippen molar-refractivity contribution in [3.63, 3.8) is 0 Å². The molecule has 0 unspecified atom stereocenters. The highest BCUT2D eigenvalue weighted by atomic mass is 32.1. The van der Waals surface area contributed by atoms with E-state index >= 15 is 0 Å². The van der Waals surface area contributed by atoms with Crippen molar-refractivity contribution in [2.75, 3.05) is 14.2 Å². The first kappa shape index (κ1) is 15.2. The fourth-order valence-corrected chi connectivity index (χ4v) is 3.76. The minimum absolute atomic E-state index is 0.0782. The summed E-state index contributed by atoms with van der Waals surface area (Å²) in [5.41, 5.74) is 1.03. The smallest absolute Gasteiger partial charge is 0.196 e. The molecule has 0 N–H and O–H groups in total. The lowest BCUT2D eigenvalue weighted by molar-refractivity contribution is -0.191. The molecule has 4 heteroatoms. The standard InChI is InChI=1S/C18H18O3S/c1-18(20-2,21-3)11-12-7-6-10-15-16(12)17(19)13-8-4-5-9-14(13)22-15/h4-10H,11H2,1-3H3. The van der Waals surface area contributed by atoms with E-state index in [1.54, 1.807) is 25.6 Å². The van der Waals surface area contributed by atoms with Crippen LogP contribution >= 0.6 is 11.3 Å². The van der Waals surface area contributed by atoms with Crippen molar-refractivity contribution < 1.29 is 9.47 Å². The molecule has 0 aliphatic rings. The quantitative estimate of drug-likeness (QED) is 0.540. The number of hydrogen-bond donors (Lipinski definition) is 0. The van der Waals surface area contributed by atoms with E-state index in [1.165, 1.54) is 0 Å². The molecule has 22 heavy (non-hydrogen) atoms. The Kier molecular flexibility index (Phi) is 4.00. The summed E-state index contributed by atoms with van der Waals surface area (Å²) in [7, 11) is 3.23. The summed E-state index contributed by atoms with van der Waals surface area (Å²) in [5, 5.41) is 1.54. The van der Waals surface area contributed by atoms with Crippen LogP contribution in [-0.4, -0.2) is 20.0 Å². The fourth-order valence-electron chi connectivity index (χ4n) is 2.64. The third-order valence-corrected chi connectivity index (χ3v) is 5.20. The Bertz CT molecular complexity index is 878. The average Bonchev–Trinajstić information content (AvgIpc) is 2.55. The molecule has 0 bridgehead atoms. The van der Waals surface area contributed by atoms with Crippen LogP contribution < -0.4 is 5.43 Å². The van der Waals surface area contributed by atoms with Gasteiger partial charge in [0.05, 0.1) is 0 Å². The van der Waals surface area contributed by atoms with Gasteiger partial charge in [-0.2, -0.15) is 0 Å². The van der Waals surface area contributed by atoms with Gasteiger partial charge in [0.1, 0.15) is 0 Å². The number of benzene rings is 2. The highest BCUT2D eigenvalue weighted by molar-refractivity contribution is 7.24. The third kappa shape index (κ3) is 2.54. The van der Waals surface area contributed by atoms with Crippen LogP contribution in [0.15, 0.2) is 47.3 Å². The van der Waals surface area contributed by atoms with E-state index in [0.29, 0.717) is 6.42 Å². The maximum atomic E-state index is 12.9. The second kappa shape index (κ2) is 5.80. The van der Waals surface area contributed by atoms with E-state index in [0.717, 1.165) is 25.7 Å². The first-order valence-electron chi connectivity index (χ1n) is 7.12. The Hall–Kier alpha value is -1.75. The van der Waals surface area contributed by atoms with Crippen molar-refractivity contribution in [3.05, 3.63) is 58.3 Å². The molecule has 2 aromatic carbocycles. The monoisotopic (exact) mass is 314 g/mol. The molecule has 3 rings (SSSR count). The summed E-state index contributed by atoms with van der Waals surface area (Å²) in [5.74, 6) is -0.739. The van der Waals surface area contributed by atoms with E-state index in [-0.39, 0.29) is 5.43 Å². The molecule has 114 valence electrons. The molecule has 0 aliphatic heterocycles.